The van der Waals surface area contributed by atoms with Gasteiger partial charge in [0.05, 0.1) is 16.8 Å². The molecule has 15 heteroatoms. The van der Waals surface area contributed by atoms with E-state index in [4.69, 9.17) is 0 Å². The number of sulfone groups is 1. The van der Waals surface area contributed by atoms with E-state index in [1.54, 1.807) is 0 Å². The van der Waals surface area contributed by atoms with E-state index in [2.05, 4.69) is 14.7 Å². The third kappa shape index (κ3) is 5.28. The number of hydrogen-bond donors (Lipinski definition) is 0. The van der Waals surface area contributed by atoms with Gasteiger partial charge in [-0.05, 0) is 25.0 Å². The van der Waals surface area contributed by atoms with Gasteiger partial charge in [0.2, 0.25) is 11.7 Å². The highest BCUT2D eigenvalue weighted by molar-refractivity contribution is 7.91. The van der Waals surface area contributed by atoms with Crippen LogP contribution in [0.5, 0.6) is 5.75 Å². The van der Waals surface area contributed by atoms with Gasteiger partial charge < -0.3 is 4.74 Å². The maximum atomic E-state index is 13.2. The van der Waals surface area contributed by atoms with Crippen LogP contribution >= 0.6 is 0 Å². The average molecular weight is 524 g/mol. The summed E-state index contributed by atoms with van der Waals surface area (Å²) in [5, 5.41) is 0. The third-order valence-corrected chi connectivity index (χ3v) is 7.09. The standard InChI is InChI=1S/C20H21F5N4O5S/c1-4-35(32,33)13-7-8-14(28(2)17(30)11-5-6-11)27-15(13)16-26-9-12(18(31)29(16)3)34-10-19(21,22)20(23,24)25/h7-9,11H,4-6,10H2,1-3H3. The summed E-state index contributed by atoms with van der Waals surface area (Å²) in [6, 6.07) is 2.52. The molecule has 1 aliphatic rings. The lowest BCUT2D eigenvalue weighted by Crippen LogP contribution is -2.42. The van der Waals surface area contributed by atoms with E-state index in [1.807, 2.05) is 0 Å². The highest BCUT2D eigenvalue weighted by atomic mass is 32.2. The van der Waals surface area contributed by atoms with Crippen LogP contribution in [0.3, 0.4) is 0 Å². The van der Waals surface area contributed by atoms with Gasteiger partial charge in [-0.1, -0.05) is 6.92 Å². The zero-order chi connectivity index (χ0) is 26.3. The van der Waals surface area contributed by atoms with Gasteiger partial charge in [0.15, 0.2) is 22.3 Å². The molecule has 0 spiro atoms. The second kappa shape index (κ2) is 9.17. The van der Waals surface area contributed by atoms with Crippen LogP contribution in [-0.4, -0.2) is 60.4 Å². The average Bonchev–Trinajstić information content (AvgIpc) is 3.63. The van der Waals surface area contributed by atoms with Gasteiger partial charge >= 0.3 is 12.1 Å². The number of pyridine rings is 1. The van der Waals surface area contributed by atoms with Crippen LogP contribution in [-0.2, 0) is 21.7 Å². The second-order valence-electron chi connectivity index (χ2n) is 7.89. The Kier molecular flexibility index (Phi) is 6.94. The summed E-state index contributed by atoms with van der Waals surface area (Å²) in [6.07, 6.45) is -3.85. The molecule has 35 heavy (non-hydrogen) atoms. The highest BCUT2D eigenvalue weighted by Gasteiger charge is 2.58. The zero-order valence-corrected chi connectivity index (χ0v) is 19.6. The fourth-order valence-electron chi connectivity index (χ4n) is 3.00. The van der Waals surface area contributed by atoms with Gasteiger partial charge in [0.1, 0.15) is 11.5 Å². The Bertz CT molecular complexity index is 1310. The van der Waals surface area contributed by atoms with Crippen molar-refractivity contribution >= 4 is 21.6 Å². The van der Waals surface area contributed by atoms with Crippen LogP contribution in [0.15, 0.2) is 28.0 Å². The summed E-state index contributed by atoms with van der Waals surface area (Å²) < 4.78 is 93.9. The number of carbonyl (C=O) groups excluding carboxylic acids is 1. The monoisotopic (exact) mass is 524 g/mol. The van der Waals surface area contributed by atoms with E-state index in [1.165, 1.54) is 31.0 Å². The number of alkyl halides is 5. The van der Waals surface area contributed by atoms with Crippen molar-refractivity contribution in [3.05, 3.63) is 28.7 Å². The molecule has 0 atom stereocenters. The Morgan fingerprint density at radius 2 is 1.86 bits per heavy atom. The van der Waals surface area contributed by atoms with Gasteiger partial charge in [0.25, 0.3) is 5.56 Å². The molecule has 1 saturated carbocycles. The molecule has 0 radical (unpaired) electrons. The molecule has 0 aromatic carbocycles. The van der Waals surface area contributed by atoms with Crippen LogP contribution in [0.1, 0.15) is 19.8 Å². The Labute approximate surface area is 196 Å². The first kappa shape index (κ1) is 26.5. The van der Waals surface area contributed by atoms with Crippen LogP contribution in [0.25, 0.3) is 11.5 Å². The molecule has 2 aromatic rings. The summed E-state index contributed by atoms with van der Waals surface area (Å²) in [5.74, 6) is -7.11. The molecule has 3 rings (SSSR count). The van der Waals surface area contributed by atoms with Gasteiger partial charge in [-0.3, -0.25) is 19.1 Å². The number of halogens is 5. The van der Waals surface area contributed by atoms with Crippen molar-refractivity contribution in [1.29, 1.82) is 0 Å². The Hall–Kier alpha value is -3.10. The predicted octanol–water partition coefficient (Wildman–Crippen LogP) is 2.59. The first-order valence-corrected chi connectivity index (χ1v) is 11.9. The lowest BCUT2D eigenvalue weighted by molar-refractivity contribution is -0.290. The summed E-state index contributed by atoms with van der Waals surface area (Å²) in [4.78, 5) is 34.0. The number of carbonyl (C=O) groups is 1. The van der Waals surface area contributed by atoms with Crippen LogP contribution in [0, 0.1) is 5.92 Å². The maximum Gasteiger partial charge on any atom is 0.456 e. The van der Waals surface area contributed by atoms with Gasteiger partial charge in [0, 0.05) is 20.0 Å². The maximum absolute atomic E-state index is 13.2. The number of hydrogen-bond acceptors (Lipinski definition) is 7. The molecule has 2 aromatic heterocycles. The first-order chi connectivity index (χ1) is 16.1. The number of amides is 1. The summed E-state index contributed by atoms with van der Waals surface area (Å²) in [6.45, 7) is -0.774. The van der Waals surface area contributed by atoms with E-state index >= 15 is 0 Å². The number of ether oxygens (including phenoxy) is 1. The Morgan fingerprint density at radius 1 is 1.23 bits per heavy atom. The molecule has 0 N–H and O–H groups in total. The van der Waals surface area contributed by atoms with Crippen LogP contribution in [0.4, 0.5) is 27.8 Å². The topological polar surface area (TPSA) is 111 Å². The highest BCUT2D eigenvalue weighted by Crippen LogP contribution is 2.36. The lowest BCUT2D eigenvalue weighted by Gasteiger charge is -2.20. The normalized spacial score (nSPS) is 14.6. The smallest absolute Gasteiger partial charge is 0.456 e. The second-order valence-corrected chi connectivity index (χ2v) is 10.1. The van der Waals surface area contributed by atoms with Crippen molar-refractivity contribution in [3.63, 3.8) is 0 Å². The zero-order valence-electron chi connectivity index (χ0n) is 18.8. The van der Waals surface area contributed by atoms with E-state index in [-0.39, 0.29) is 39.8 Å². The first-order valence-electron chi connectivity index (χ1n) is 10.3. The SMILES string of the molecule is CCS(=O)(=O)c1ccc(N(C)C(=O)C2CC2)nc1-c1ncc(OCC(F)(F)C(F)(F)F)c(=O)n1C. The molecule has 0 saturated heterocycles. The van der Waals surface area contributed by atoms with E-state index in [0.29, 0.717) is 23.6 Å². The van der Waals surface area contributed by atoms with Gasteiger partial charge in [-0.15, -0.1) is 0 Å². The largest absolute Gasteiger partial charge is 0.480 e. The molecular formula is C20H21F5N4O5S. The minimum atomic E-state index is -5.89. The van der Waals surface area contributed by atoms with Crippen LogP contribution < -0.4 is 15.2 Å². The summed E-state index contributed by atoms with van der Waals surface area (Å²) >= 11 is 0. The minimum Gasteiger partial charge on any atom is -0.480 e. The lowest BCUT2D eigenvalue weighted by atomic mass is 10.3. The molecule has 0 aliphatic heterocycles. The molecule has 192 valence electrons. The summed E-state index contributed by atoms with van der Waals surface area (Å²) in [7, 11) is -1.36. The molecule has 0 unspecified atom stereocenters. The molecule has 1 amide bonds. The Balaban J connectivity index is 2.07. The quantitative estimate of drug-likeness (QED) is 0.488. The minimum absolute atomic E-state index is 0.0753. The fourth-order valence-corrected chi connectivity index (χ4v) is 4.02. The number of nitrogens with zero attached hydrogens (tertiary/aromatic N) is 4. The fraction of sp³-hybridized carbons (Fsp3) is 0.500. The van der Waals surface area contributed by atoms with E-state index in [0.717, 1.165) is 7.05 Å². The molecule has 2 heterocycles. The molecular weight excluding hydrogens is 503 g/mol. The number of aromatic nitrogens is 3. The van der Waals surface area contributed by atoms with Crippen LogP contribution in [0.2, 0.25) is 0 Å². The number of anilines is 1. The molecule has 0 bridgehead atoms. The van der Waals surface area contributed by atoms with Crippen molar-refractivity contribution < 1.29 is 39.9 Å². The van der Waals surface area contributed by atoms with Gasteiger partial charge in [-0.25, -0.2) is 18.4 Å². The molecule has 9 nitrogen and oxygen atoms in total. The van der Waals surface area contributed by atoms with Crippen molar-refractivity contribution in [2.75, 3.05) is 24.3 Å². The predicted molar refractivity (Wildman–Crippen MR) is 113 cm³/mol. The van der Waals surface area contributed by atoms with Crippen molar-refractivity contribution in [2.24, 2.45) is 13.0 Å². The molecule has 1 aliphatic carbocycles. The van der Waals surface area contributed by atoms with E-state index < -0.39 is 39.9 Å². The Morgan fingerprint density at radius 3 is 2.40 bits per heavy atom. The van der Waals surface area contributed by atoms with Crippen molar-refractivity contribution in [2.45, 2.75) is 36.8 Å². The third-order valence-electron chi connectivity index (χ3n) is 5.33. The molecule has 1 fully saturated rings. The summed E-state index contributed by atoms with van der Waals surface area (Å²) in [5.41, 5.74) is -1.45. The van der Waals surface area contributed by atoms with Gasteiger partial charge in [-0.2, -0.15) is 22.0 Å². The van der Waals surface area contributed by atoms with Crippen molar-refractivity contribution in [3.8, 4) is 17.3 Å². The van der Waals surface area contributed by atoms with E-state index in [9.17, 15) is 40.0 Å². The number of rotatable bonds is 8. The van der Waals surface area contributed by atoms with Crippen molar-refractivity contribution in [1.82, 2.24) is 14.5 Å².